The second kappa shape index (κ2) is 6.62. The first-order valence-corrected chi connectivity index (χ1v) is 6.44. The number of nitrogens with zero attached hydrogens (tertiary/aromatic N) is 1. The van der Waals surface area contributed by atoms with Crippen molar-refractivity contribution in [3.63, 3.8) is 0 Å². The van der Waals surface area contributed by atoms with Crippen LogP contribution in [0, 0.1) is 0 Å². The van der Waals surface area contributed by atoms with Crippen LogP contribution in [0.5, 0.6) is 5.75 Å². The van der Waals surface area contributed by atoms with E-state index in [1.807, 2.05) is 12.1 Å². The molecule has 0 spiro atoms. The van der Waals surface area contributed by atoms with Crippen molar-refractivity contribution in [1.29, 1.82) is 0 Å². The van der Waals surface area contributed by atoms with Gasteiger partial charge < -0.3 is 10.1 Å². The number of rotatable bonds is 6. The summed E-state index contributed by atoms with van der Waals surface area (Å²) in [5.41, 5.74) is 1.41. The van der Waals surface area contributed by atoms with Crippen molar-refractivity contribution in [1.82, 2.24) is 10.2 Å². The van der Waals surface area contributed by atoms with Gasteiger partial charge in [-0.3, -0.25) is 4.90 Å². The van der Waals surface area contributed by atoms with Crippen molar-refractivity contribution < 1.29 is 4.74 Å². The van der Waals surface area contributed by atoms with Gasteiger partial charge in [-0.25, -0.2) is 0 Å². The van der Waals surface area contributed by atoms with Crippen LogP contribution in [0.4, 0.5) is 0 Å². The summed E-state index contributed by atoms with van der Waals surface area (Å²) in [5, 5.41) is 3.36. The number of unbranched alkanes of at least 4 members (excludes halogenated alkanes) is 1. The molecular weight excluding hydrogens is 212 g/mol. The summed E-state index contributed by atoms with van der Waals surface area (Å²) >= 11 is 0. The molecule has 1 aliphatic rings. The highest BCUT2D eigenvalue weighted by Crippen LogP contribution is 2.13. The Labute approximate surface area is 104 Å². The second-order valence-corrected chi connectivity index (χ2v) is 4.58. The molecule has 3 nitrogen and oxygen atoms in total. The predicted octanol–water partition coefficient (Wildman–Crippen LogP) is 1.88. The molecular formula is C14H22N2O. The van der Waals surface area contributed by atoms with Crippen LogP contribution in [0.1, 0.15) is 18.4 Å². The fraction of sp³-hybridized carbons (Fsp3) is 0.571. The van der Waals surface area contributed by atoms with Gasteiger partial charge in [0.15, 0.2) is 0 Å². The summed E-state index contributed by atoms with van der Waals surface area (Å²) in [6.45, 7) is 4.66. The van der Waals surface area contributed by atoms with Gasteiger partial charge in [0.1, 0.15) is 5.75 Å². The van der Waals surface area contributed by atoms with Crippen LogP contribution in [0.3, 0.4) is 0 Å². The number of methoxy groups -OCH3 is 1. The van der Waals surface area contributed by atoms with Gasteiger partial charge in [0.05, 0.1) is 7.11 Å². The van der Waals surface area contributed by atoms with Crippen LogP contribution in [0.15, 0.2) is 24.3 Å². The Morgan fingerprint density at radius 1 is 1.24 bits per heavy atom. The number of hydrogen-bond donors (Lipinski definition) is 1. The molecule has 1 N–H and O–H groups in total. The van der Waals surface area contributed by atoms with E-state index >= 15 is 0 Å². The molecule has 1 aromatic carbocycles. The summed E-state index contributed by atoms with van der Waals surface area (Å²) in [6.07, 6.45) is 3.72. The average molecular weight is 234 g/mol. The monoisotopic (exact) mass is 234 g/mol. The summed E-state index contributed by atoms with van der Waals surface area (Å²) in [7, 11) is 1.71. The lowest BCUT2D eigenvalue weighted by Gasteiger charge is -2.13. The molecule has 0 radical (unpaired) electrons. The molecule has 2 rings (SSSR count). The minimum absolute atomic E-state index is 0.942. The average Bonchev–Trinajstić information content (AvgIpc) is 2.88. The quantitative estimate of drug-likeness (QED) is 0.761. The van der Waals surface area contributed by atoms with Crippen LogP contribution >= 0.6 is 0 Å². The molecule has 17 heavy (non-hydrogen) atoms. The molecule has 1 aliphatic heterocycles. The van der Waals surface area contributed by atoms with Crippen molar-refractivity contribution in [2.75, 3.05) is 33.4 Å². The van der Waals surface area contributed by atoms with Crippen LogP contribution < -0.4 is 10.1 Å². The highest BCUT2D eigenvalue weighted by Gasteiger charge is 2.09. The summed E-state index contributed by atoms with van der Waals surface area (Å²) in [6, 6.07) is 8.41. The van der Waals surface area contributed by atoms with Crippen LogP contribution in [-0.4, -0.2) is 38.3 Å². The largest absolute Gasteiger partial charge is 0.497 e. The SMILES string of the molecule is COc1ccc(CCCCN2CCNC2)cc1. The van der Waals surface area contributed by atoms with Gasteiger partial charge in [-0.1, -0.05) is 12.1 Å². The van der Waals surface area contributed by atoms with Crippen LogP contribution in [0.2, 0.25) is 0 Å². The molecule has 0 aromatic heterocycles. The maximum atomic E-state index is 5.15. The maximum absolute atomic E-state index is 5.15. The van der Waals surface area contributed by atoms with E-state index in [1.54, 1.807) is 7.11 Å². The highest BCUT2D eigenvalue weighted by molar-refractivity contribution is 5.27. The third-order valence-corrected chi connectivity index (χ3v) is 3.29. The Kier molecular flexibility index (Phi) is 4.83. The first kappa shape index (κ1) is 12.4. The molecule has 0 bridgehead atoms. The lowest BCUT2D eigenvalue weighted by molar-refractivity contribution is 0.326. The second-order valence-electron chi connectivity index (χ2n) is 4.58. The minimum atomic E-state index is 0.942. The molecule has 0 amide bonds. The lowest BCUT2D eigenvalue weighted by atomic mass is 10.1. The van der Waals surface area contributed by atoms with Crippen molar-refractivity contribution in [3.05, 3.63) is 29.8 Å². The van der Waals surface area contributed by atoms with Crippen molar-refractivity contribution in [2.45, 2.75) is 19.3 Å². The van der Waals surface area contributed by atoms with E-state index in [0.29, 0.717) is 0 Å². The van der Waals surface area contributed by atoms with E-state index in [9.17, 15) is 0 Å². The predicted molar refractivity (Wildman–Crippen MR) is 70.4 cm³/mol. The number of aryl methyl sites for hydroxylation is 1. The molecule has 0 atom stereocenters. The smallest absolute Gasteiger partial charge is 0.118 e. The van der Waals surface area contributed by atoms with E-state index in [1.165, 1.54) is 37.9 Å². The molecule has 0 saturated carbocycles. The number of nitrogens with one attached hydrogen (secondary N) is 1. The first-order chi connectivity index (χ1) is 8.38. The highest BCUT2D eigenvalue weighted by atomic mass is 16.5. The molecule has 94 valence electrons. The van der Waals surface area contributed by atoms with Gasteiger partial charge in [-0.05, 0) is 43.5 Å². The van der Waals surface area contributed by atoms with E-state index in [2.05, 4.69) is 22.3 Å². The summed E-state index contributed by atoms with van der Waals surface area (Å²) in [4.78, 5) is 2.48. The standard InChI is InChI=1S/C14H22N2O/c1-17-14-7-5-13(6-8-14)4-2-3-10-16-11-9-15-12-16/h5-8,15H,2-4,9-12H2,1H3. The summed E-state index contributed by atoms with van der Waals surface area (Å²) in [5.74, 6) is 0.942. The van der Waals surface area contributed by atoms with Crippen LogP contribution in [-0.2, 0) is 6.42 Å². The Bertz CT molecular complexity index is 317. The van der Waals surface area contributed by atoms with Crippen molar-refractivity contribution in [3.8, 4) is 5.75 Å². The van der Waals surface area contributed by atoms with Crippen molar-refractivity contribution >= 4 is 0 Å². The Morgan fingerprint density at radius 2 is 2.06 bits per heavy atom. The third kappa shape index (κ3) is 4.02. The topological polar surface area (TPSA) is 24.5 Å². The Balaban J connectivity index is 1.63. The number of benzene rings is 1. The Hall–Kier alpha value is -1.06. The zero-order valence-electron chi connectivity index (χ0n) is 10.6. The van der Waals surface area contributed by atoms with Gasteiger partial charge in [0, 0.05) is 19.8 Å². The van der Waals surface area contributed by atoms with Crippen molar-refractivity contribution in [2.24, 2.45) is 0 Å². The molecule has 0 unspecified atom stereocenters. The van der Waals surface area contributed by atoms with Gasteiger partial charge in [0.25, 0.3) is 0 Å². The van der Waals surface area contributed by atoms with E-state index < -0.39 is 0 Å². The van der Waals surface area contributed by atoms with Gasteiger partial charge in [0.2, 0.25) is 0 Å². The number of hydrogen-bond acceptors (Lipinski definition) is 3. The molecule has 0 aliphatic carbocycles. The normalized spacial score (nSPS) is 16.3. The van der Waals surface area contributed by atoms with E-state index in [4.69, 9.17) is 4.74 Å². The van der Waals surface area contributed by atoms with Gasteiger partial charge in [-0.15, -0.1) is 0 Å². The Morgan fingerprint density at radius 3 is 2.71 bits per heavy atom. The molecule has 3 heteroatoms. The van der Waals surface area contributed by atoms with E-state index in [0.717, 1.165) is 19.0 Å². The molecule has 1 fully saturated rings. The molecule has 1 heterocycles. The third-order valence-electron chi connectivity index (χ3n) is 3.29. The molecule has 1 aromatic rings. The van der Waals surface area contributed by atoms with Gasteiger partial charge in [-0.2, -0.15) is 0 Å². The fourth-order valence-corrected chi connectivity index (χ4v) is 2.20. The first-order valence-electron chi connectivity index (χ1n) is 6.44. The van der Waals surface area contributed by atoms with E-state index in [-0.39, 0.29) is 0 Å². The van der Waals surface area contributed by atoms with Crippen LogP contribution in [0.25, 0.3) is 0 Å². The fourth-order valence-electron chi connectivity index (χ4n) is 2.20. The zero-order valence-corrected chi connectivity index (χ0v) is 10.6. The zero-order chi connectivity index (χ0) is 11.9. The summed E-state index contributed by atoms with van der Waals surface area (Å²) < 4.78 is 5.15. The number of ether oxygens (including phenoxy) is 1. The maximum Gasteiger partial charge on any atom is 0.118 e. The minimum Gasteiger partial charge on any atom is -0.497 e. The molecule has 1 saturated heterocycles. The van der Waals surface area contributed by atoms with Gasteiger partial charge >= 0.3 is 0 Å². The lowest BCUT2D eigenvalue weighted by Crippen LogP contribution is -2.23.